The summed E-state index contributed by atoms with van der Waals surface area (Å²) in [6, 6.07) is 9.11. The first-order valence-electron chi connectivity index (χ1n) is 10.7. The van der Waals surface area contributed by atoms with Crippen LogP contribution >= 0.6 is 0 Å². The lowest BCUT2D eigenvalue weighted by atomic mass is 10.0. The molecule has 5 rings (SSSR count). The summed E-state index contributed by atoms with van der Waals surface area (Å²) < 4.78 is 53.1. The zero-order chi connectivity index (χ0) is 22.3. The van der Waals surface area contributed by atoms with E-state index in [9.17, 15) is 13.2 Å². The molecule has 1 saturated heterocycles. The Morgan fingerprint density at radius 3 is 2.66 bits per heavy atom. The fourth-order valence-corrected chi connectivity index (χ4v) is 4.61. The molecule has 3 heterocycles. The number of rotatable bonds is 5. The van der Waals surface area contributed by atoms with E-state index in [2.05, 4.69) is 9.88 Å². The van der Waals surface area contributed by atoms with Crippen LogP contribution in [0.4, 0.5) is 13.2 Å². The van der Waals surface area contributed by atoms with Gasteiger partial charge in [-0.25, -0.2) is 0 Å². The number of aromatic nitrogens is 2. The fourth-order valence-electron chi connectivity index (χ4n) is 4.61. The highest BCUT2D eigenvalue weighted by atomic mass is 19.4. The zero-order valence-electron chi connectivity index (χ0n) is 17.8. The van der Waals surface area contributed by atoms with Gasteiger partial charge in [0.05, 0.1) is 18.7 Å². The zero-order valence-corrected chi connectivity index (χ0v) is 17.8. The van der Waals surface area contributed by atoms with Crippen molar-refractivity contribution in [2.45, 2.75) is 19.6 Å². The van der Waals surface area contributed by atoms with Gasteiger partial charge in [0, 0.05) is 53.7 Å². The van der Waals surface area contributed by atoms with Gasteiger partial charge in [0.2, 0.25) is 0 Å². The van der Waals surface area contributed by atoms with Gasteiger partial charge in [-0.2, -0.15) is 13.2 Å². The van der Waals surface area contributed by atoms with Gasteiger partial charge in [-0.1, -0.05) is 0 Å². The number of halogens is 3. The van der Waals surface area contributed by atoms with Gasteiger partial charge in [-0.15, -0.1) is 0 Å². The third-order valence-electron chi connectivity index (χ3n) is 6.10. The van der Waals surface area contributed by atoms with Crippen LogP contribution < -0.4 is 4.74 Å². The Morgan fingerprint density at radius 2 is 1.88 bits per heavy atom. The van der Waals surface area contributed by atoms with E-state index in [1.54, 1.807) is 24.5 Å². The molecule has 1 fully saturated rings. The molecule has 1 aliphatic rings. The van der Waals surface area contributed by atoms with Crippen molar-refractivity contribution in [3.63, 3.8) is 0 Å². The molecular formula is C24H24F3N3O2. The smallest absolute Gasteiger partial charge is 0.406 e. The molecule has 0 radical (unpaired) electrons. The number of morpholine rings is 1. The number of hydrogen-bond donors (Lipinski definition) is 0. The van der Waals surface area contributed by atoms with Crippen molar-refractivity contribution in [2.75, 3.05) is 39.5 Å². The highest BCUT2D eigenvalue weighted by Crippen LogP contribution is 2.38. The van der Waals surface area contributed by atoms with E-state index in [-0.39, 0.29) is 0 Å². The molecule has 0 saturated carbocycles. The number of fused-ring (bicyclic) bond motifs is 4. The lowest BCUT2D eigenvalue weighted by molar-refractivity contribution is -0.139. The summed E-state index contributed by atoms with van der Waals surface area (Å²) in [6.07, 6.45) is -0.915. The summed E-state index contributed by atoms with van der Waals surface area (Å²) in [7, 11) is 0. The van der Waals surface area contributed by atoms with E-state index in [0.717, 1.165) is 60.0 Å². The summed E-state index contributed by atoms with van der Waals surface area (Å²) in [4.78, 5) is 6.46. The monoisotopic (exact) mass is 443 g/mol. The predicted octanol–water partition coefficient (Wildman–Crippen LogP) is 4.92. The van der Waals surface area contributed by atoms with E-state index >= 15 is 0 Å². The normalized spacial score (nSPS) is 15.8. The van der Waals surface area contributed by atoms with Crippen molar-refractivity contribution >= 4 is 32.6 Å². The number of ether oxygens (including phenoxy) is 2. The van der Waals surface area contributed by atoms with Crippen LogP contribution in [0.2, 0.25) is 0 Å². The van der Waals surface area contributed by atoms with Crippen molar-refractivity contribution in [1.82, 2.24) is 14.5 Å². The van der Waals surface area contributed by atoms with Gasteiger partial charge < -0.3 is 14.0 Å². The van der Waals surface area contributed by atoms with Crippen LogP contribution in [0.15, 0.2) is 42.7 Å². The van der Waals surface area contributed by atoms with E-state index in [1.165, 1.54) is 4.57 Å². The Labute approximate surface area is 183 Å². The minimum Gasteiger partial charge on any atom is -0.492 e. The quantitative estimate of drug-likeness (QED) is 0.439. The van der Waals surface area contributed by atoms with E-state index in [1.807, 2.05) is 25.1 Å². The maximum Gasteiger partial charge on any atom is 0.406 e. The summed E-state index contributed by atoms with van der Waals surface area (Å²) >= 11 is 0. The number of pyridine rings is 1. The molecule has 4 aromatic rings. The third-order valence-corrected chi connectivity index (χ3v) is 6.10. The second-order valence-corrected chi connectivity index (χ2v) is 8.18. The lowest BCUT2D eigenvalue weighted by Crippen LogP contribution is -2.38. The van der Waals surface area contributed by atoms with Crippen LogP contribution in [-0.4, -0.2) is 60.1 Å². The van der Waals surface area contributed by atoms with Gasteiger partial charge in [-0.05, 0) is 48.2 Å². The Bertz CT molecular complexity index is 1280. The van der Waals surface area contributed by atoms with Gasteiger partial charge in [0.15, 0.2) is 0 Å². The highest BCUT2D eigenvalue weighted by Gasteiger charge is 2.30. The Morgan fingerprint density at radius 1 is 1.06 bits per heavy atom. The summed E-state index contributed by atoms with van der Waals surface area (Å²) in [5, 5.41) is 3.34. The Kier molecular flexibility index (Phi) is 5.43. The van der Waals surface area contributed by atoms with Crippen molar-refractivity contribution < 1.29 is 22.6 Å². The second kappa shape index (κ2) is 8.26. The largest absolute Gasteiger partial charge is 0.492 e. The molecule has 0 amide bonds. The summed E-state index contributed by atoms with van der Waals surface area (Å²) in [5.74, 6) is 0.653. The van der Waals surface area contributed by atoms with Crippen LogP contribution in [0.5, 0.6) is 5.75 Å². The number of hydrogen-bond acceptors (Lipinski definition) is 4. The first-order valence-corrected chi connectivity index (χ1v) is 10.7. The molecule has 5 nitrogen and oxygen atoms in total. The van der Waals surface area contributed by atoms with Crippen molar-refractivity contribution in [2.24, 2.45) is 0 Å². The van der Waals surface area contributed by atoms with Crippen molar-refractivity contribution in [3.05, 3.63) is 48.3 Å². The van der Waals surface area contributed by atoms with Crippen LogP contribution in [0, 0.1) is 6.92 Å². The Hall–Kier alpha value is -2.84. The maximum absolute atomic E-state index is 13.5. The van der Waals surface area contributed by atoms with Gasteiger partial charge in [-0.3, -0.25) is 9.88 Å². The van der Waals surface area contributed by atoms with Gasteiger partial charge in [0.25, 0.3) is 0 Å². The second-order valence-electron chi connectivity index (χ2n) is 8.18. The van der Waals surface area contributed by atoms with Crippen molar-refractivity contribution in [1.29, 1.82) is 0 Å². The first kappa shape index (κ1) is 21.0. The minimum atomic E-state index is -4.33. The maximum atomic E-state index is 13.5. The number of nitrogens with zero attached hydrogens (tertiary/aromatic N) is 3. The molecular weight excluding hydrogens is 419 g/mol. The molecule has 8 heteroatoms. The lowest BCUT2D eigenvalue weighted by Gasteiger charge is -2.26. The molecule has 0 spiro atoms. The van der Waals surface area contributed by atoms with Gasteiger partial charge in [0.1, 0.15) is 18.9 Å². The highest BCUT2D eigenvalue weighted by molar-refractivity contribution is 6.14. The molecule has 2 aromatic heterocycles. The van der Waals surface area contributed by atoms with Crippen LogP contribution in [0.25, 0.3) is 32.6 Å². The van der Waals surface area contributed by atoms with E-state index < -0.39 is 12.7 Å². The van der Waals surface area contributed by atoms with E-state index in [4.69, 9.17) is 9.47 Å². The molecule has 168 valence electrons. The van der Waals surface area contributed by atoms with Crippen LogP contribution in [0.1, 0.15) is 5.56 Å². The molecule has 0 aliphatic carbocycles. The molecule has 2 aromatic carbocycles. The van der Waals surface area contributed by atoms with Crippen LogP contribution in [0.3, 0.4) is 0 Å². The van der Waals surface area contributed by atoms with Crippen molar-refractivity contribution in [3.8, 4) is 5.75 Å². The number of aryl methyl sites for hydroxylation is 1. The number of benzene rings is 2. The molecule has 1 aliphatic heterocycles. The van der Waals surface area contributed by atoms with E-state index in [0.29, 0.717) is 23.4 Å². The molecule has 32 heavy (non-hydrogen) atoms. The first-order chi connectivity index (χ1) is 15.4. The summed E-state index contributed by atoms with van der Waals surface area (Å²) in [5.41, 5.74) is 1.96. The van der Waals surface area contributed by atoms with Gasteiger partial charge >= 0.3 is 6.18 Å². The number of alkyl halides is 3. The Balaban J connectivity index is 1.57. The molecule has 0 bridgehead atoms. The summed E-state index contributed by atoms with van der Waals surface area (Å²) in [6.45, 7) is 5.35. The third kappa shape index (κ3) is 4.00. The molecule has 0 unspecified atom stereocenters. The molecule has 0 N–H and O–H groups in total. The topological polar surface area (TPSA) is 39.5 Å². The SMILES string of the molecule is Cc1c2ccncc2cc2c3cc(OCCN4CCOCC4)ccc3n(CC(F)(F)F)c12. The van der Waals surface area contributed by atoms with Crippen LogP contribution in [-0.2, 0) is 11.3 Å². The average molecular weight is 443 g/mol. The standard InChI is InChI=1S/C24H24F3N3O2/c1-16-19-4-5-28-14-17(19)12-21-20-13-18(32-11-8-29-6-9-31-10-7-29)2-3-22(20)30(23(16)21)15-24(25,26)27/h2-5,12-14H,6-11,15H2,1H3. The molecule has 0 atom stereocenters. The fraction of sp³-hybridized carbons (Fsp3) is 0.375. The predicted molar refractivity (Wildman–Crippen MR) is 118 cm³/mol. The minimum absolute atomic E-state index is 0.512. The average Bonchev–Trinajstić information content (AvgIpc) is 3.06.